The first kappa shape index (κ1) is 18.7. The fourth-order valence-electron chi connectivity index (χ4n) is 2.42. The van der Waals surface area contributed by atoms with E-state index in [2.05, 4.69) is 10.6 Å². The fraction of sp³-hybridized carbons (Fsp3) is 0.158. The summed E-state index contributed by atoms with van der Waals surface area (Å²) < 4.78 is 0. The Balaban J connectivity index is 2.20. The molecule has 1 atom stereocenters. The van der Waals surface area contributed by atoms with Crippen molar-refractivity contribution in [2.45, 2.75) is 19.4 Å². The predicted molar refractivity (Wildman–Crippen MR) is 94.5 cm³/mol. The number of nitrogens with one attached hydrogen (secondary N) is 2. The lowest BCUT2D eigenvalue weighted by Crippen LogP contribution is -2.42. The normalized spacial score (nSPS) is 11.1. The van der Waals surface area contributed by atoms with Crippen molar-refractivity contribution in [3.63, 3.8) is 0 Å². The molecule has 2 rings (SSSR count). The summed E-state index contributed by atoms with van der Waals surface area (Å²) in [6, 6.07) is 13.7. The van der Waals surface area contributed by atoms with Crippen LogP contribution in [0.5, 0.6) is 0 Å². The van der Waals surface area contributed by atoms with Crippen LogP contribution in [0.25, 0.3) is 0 Å². The number of carbonyl (C=O) groups excluding carboxylic acids is 2. The van der Waals surface area contributed by atoms with E-state index >= 15 is 0 Å². The van der Waals surface area contributed by atoms with Crippen LogP contribution >= 0.6 is 0 Å². The highest BCUT2D eigenvalue weighted by Crippen LogP contribution is 2.16. The van der Waals surface area contributed by atoms with Crippen molar-refractivity contribution >= 4 is 23.5 Å². The summed E-state index contributed by atoms with van der Waals surface area (Å²) in [6.45, 7) is 1.32. The van der Waals surface area contributed by atoms with E-state index in [1.807, 2.05) is 6.07 Å². The minimum atomic E-state index is -1.20. The minimum absolute atomic E-state index is 0.0267. The molecule has 0 aromatic heterocycles. The van der Waals surface area contributed by atoms with Gasteiger partial charge in [0.2, 0.25) is 5.91 Å². The number of hydrogen-bond acceptors (Lipinski definition) is 4. The van der Waals surface area contributed by atoms with Crippen molar-refractivity contribution in [2.75, 3.05) is 5.32 Å². The lowest BCUT2D eigenvalue weighted by Gasteiger charge is -2.16. The van der Waals surface area contributed by atoms with Crippen LogP contribution in [0.1, 0.15) is 28.4 Å². The van der Waals surface area contributed by atoms with Crippen molar-refractivity contribution in [3.05, 3.63) is 65.2 Å². The summed E-state index contributed by atoms with van der Waals surface area (Å²) in [5, 5.41) is 23.4. The van der Waals surface area contributed by atoms with Crippen LogP contribution in [-0.2, 0) is 16.0 Å². The highest BCUT2D eigenvalue weighted by molar-refractivity contribution is 6.04. The molecule has 0 aliphatic carbocycles. The topological polar surface area (TPSA) is 119 Å². The first-order valence-corrected chi connectivity index (χ1v) is 7.80. The zero-order valence-corrected chi connectivity index (χ0v) is 14.0. The third-order valence-corrected chi connectivity index (χ3v) is 3.58. The van der Waals surface area contributed by atoms with Gasteiger partial charge >= 0.3 is 5.97 Å². The number of aliphatic carboxylic acids is 1. The Kier molecular flexibility index (Phi) is 6.06. The molecule has 0 unspecified atom stereocenters. The Bertz CT molecular complexity index is 886. The Labute approximate surface area is 150 Å². The maximum atomic E-state index is 12.5. The molecule has 26 heavy (non-hydrogen) atoms. The van der Waals surface area contributed by atoms with Gasteiger partial charge in [0.25, 0.3) is 5.91 Å². The van der Waals surface area contributed by atoms with Gasteiger partial charge in [-0.3, -0.25) is 9.59 Å². The molecule has 2 amide bonds. The Morgan fingerprint density at radius 1 is 1.15 bits per heavy atom. The quantitative estimate of drug-likeness (QED) is 0.735. The Morgan fingerprint density at radius 2 is 1.88 bits per heavy atom. The van der Waals surface area contributed by atoms with Gasteiger partial charge in [-0.15, -0.1) is 0 Å². The van der Waals surface area contributed by atoms with Crippen molar-refractivity contribution in [1.82, 2.24) is 5.32 Å². The molecule has 0 radical (unpaired) electrons. The molecule has 0 bridgehead atoms. The van der Waals surface area contributed by atoms with Crippen LogP contribution in [-0.4, -0.2) is 28.9 Å². The van der Waals surface area contributed by atoms with Crippen molar-refractivity contribution in [2.24, 2.45) is 0 Å². The molecule has 132 valence electrons. The second-order valence-electron chi connectivity index (χ2n) is 5.61. The number of para-hydroxylation sites is 1. The van der Waals surface area contributed by atoms with E-state index in [1.54, 1.807) is 42.5 Å². The predicted octanol–water partition coefficient (Wildman–Crippen LogP) is 1.94. The number of hydrogen-bond donors (Lipinski definition) is 3. The maximum absolute atomic E-state index is 12.5. The van der Waals surface area contributed by atoms with Gasteiger partial charge in [-0.05, 0) is 29.8 Å². The Morgan fingerprint density at radius 3 is 2.54 bits per heavy atom. The second kappa shape index (κ2) is 8.44. The van der Waals surface area contributed by atoms with E-state index in [9.17, 15) is 19.5 Å². The van der Waals surface area contributed by atoms with Gasteiger partial charge in [0, 0.05) is 13.3 Å². The summed E-state index contributed by atoms with van der Waals surface area (Å²) >= 11 is 0. The van der Waals surface area contributed by atoms with Gasteiger partial charge in [-0.2, -0.15) is 5.26 Å². The lowest BCUT2D eigenvalue weighted by molar-refractivity contribution is -0.139. The van der Waals surface area contributed by atoms with Crippen LogP contribution in [0.3, 0.4) is 0 Å². The zero-order valence-electron chi connectivity index (χ0n) is 14.0. The maximum Gasteiger partial charge on any atom is 0.326 e. The molecule has 3 N–H and O–H groups in total. The molecule has 7 heteroatoms. The minimum Gasteiger partial charge on any atom is -0.480 e. The van der Waals surface area contributed by atoms with E-state index in [1.165, 1.54) is 13.0 Å². The van der Waals surface area contributed by atoms with E-state index in [4.69, 9.17) is 5.26 Å². The average molecular weight is 351 g/mol. The first-order valence-electron chi connectivity index (χ1n) is 7.80. The van der Waals surface area contributed by atoms with E-state index in [0.29, 0.717) is 16.8 Å². The Hall–Kier alpha value is -3.66. The molecule has 7 nitrogen and oxygen atoms in total. The van der Waals surface area contributed by atoms with Crippen molar-refractivity contribution in [1.29, 1.82) is 5.26 Å². The zero-order chi connectivity index (χ0) is 19.1. The van der Waals surface area contributed by atoms with Crippen molar-refractivity contribution in [3.8, 4) is 6.07 Å². The van der Waals surface area contributed by atoms with Gasteiger partial charge in [0.05, 0.1) is 22.9 Å². The van der Waals surface area contributed by atoms with Gasteiger partial charge in [0.15, 0.2) is 0 Å². The van der Waals surface area contributed by atoms with E-state index in [-0.39, 0.29) is 17.9 Å². The molecule has 0 aliphatic heterocycles. The largest absolute Gasteiger partial charge is 0.480 e. The van der Waals surface area contributed by atoms with E-state index in [0.717, 1.165) is 0 Å². The second-order valence-corrected chi connectivity index (χ2v) is 5.61. The number of rotatable bonds is 6. The molecular weight excluding hydrogens is 334 g/mol. The van der Waals surface area contributed by atoms with Gasteiger partial charge in [-0.1, -0.05) is 24.3 Å². The monoisotopic (exact) mass is 351 g/mol. The van der Waals surface area contributed by atoms with Crippen molar-refractivity contribution < 1.29 is 19.5 Å². The number of carboxylic acids is 1. The third kappa shape index (κ3) is 4.92. The summed E-state index contributed by atoms with van der Waals surface area (Å²) in [5.41, 5.74) is 1.49. The lowest BCUT2D eigenvalue weighted by atomic mass is 10.0. The molecule has 0 aliphatic rings. The number of anilines is 1. The highest BCUT2D eigenvalue weighted by atomic mass is 16.4. The first-order chi connectivity index (χ1) is 12.4. The van der Waals surface area contributed by atoms with Crippen LogP contribution in [0.15, 0.2) is 48.5 Å². The van der Waals surface area contributed by atoms with Crippen LogP contribution in [0.4, 0.5) is 5.69 Å². The summed E-state index contributed by atoms with van der Waals surface area (Å²) in [7, 11) is 0. The number of carboxylic acid groups (broad SMARTS) is 1. The summed E-state index contributed by atoms with van der Waals surface area (Å²) in [6.07, 6.45) is 0.0267. The average Bonchev–Trinajstić information content (AvgIpc) is 2.61. The number of carbonyl (C=O) groups is 3. The summed E-state index contributed by atoms with van der Waals surface area (Å²) in [4.78, 5) is 35.3. The third-order valence-electron chi connectivity index (χ3n) is 3.58. The molecule has 2 aromatic rings. The van der Waals surface area contributed by atoms with Gasteiger partial charge in [0.1, 0.15) is 6.04 Å². The van der Waals surface area contributed by atoms with Crippen LogP contribution in [0, 0.1) is 11.3 Å². The smallest absolute Gasteiger partial charge is 0.326 e. The fourth-order valence-corrected chi connectivity index (χ4v) is 2.42. The van der Waals surface area contributed by atoms with Gasteiger partial charge in [-0.25, -0.2) is 4.79 Å². The van der Waals surface area contributed by atoms with E-state index < -0.39 is 17.9 Å². The van der Waals surface area contributed by atoms with Gasteiger partial charge < -0.3 is 15.7 Å². The number of benzene rings is 2. The molecule has 0 heterocycles. The van der Waals surface area contributed by atoms with Crippen LogP contribution in [0.2, 0.25) is 0 Å². The van der Waals surface area contributed by atoms with Crippen LogP contribution < -0.4 is 10.6 Å². The number of nitriles is 1. The standard InChI is InChI=1S/C19H17N3O4/c1-12(23)21-16-8-3-2-7-15(16)18(24)22-17(19(25)26)10-13-5-4-6-14(9-13)11-20/h2-9,17H,10H2,1H3,(H,21,23)(H,22,24)(H,25,26)/t17-/m1/s1. The molecule has 0 spiro atoms. The SMILES string of the molecule is CC(=O)Nc1ccccc1C(=O)N[C@H](Cc1cccc(C#N)c1)C(=O)O. The highest BCUT2D eigenvalue weighted by Gasteiger charge is 2.22. The molecular formula is C19H17N3O4. The molecule has 0 fully saturated rings. The summed E-state index contributed by atoms with van der Waals surface area (Å²) in [5.74, 6) is -2.15. The molecule has 2 aromatic carbocycles. The molecule has 0 saturated carbocycles. The molecule has 0 saturated heterocycles. The number of nitrogens with zero attached hydrogens (tertiary/aromatic N) is 1. The number of amides is 2.